The Morgan fingerprint density at radius 2 is 1.86 bits per heavy atom. The van der Waals surface area contributed by atoms with Gasteiger partial charge in [0.25, 0.3) is 0 Å². The standard InChI is InChI=1S/C11H8O3/c12-6-10-9-3-2-8(13)5-7(9)1-4-11(10)14/h1-6,13-14H. The molecule has 0 fully saturated rings. The van der Waals surface area contributed by atoms with E-state index < -0.39 is 0 Å². The Kier molecular flexibility index (Phi) is 1.85. The molecule has 2 aromatic carbocycles. The minimum atomic E-state index is -0.0433. The fourth-order valence-electron chi connectivity index (χ4n) is 1.45. The van der Waals surface area contributed by atoms with Gasteiger partial charge in [0.15, 0.2) is 6.29 Å². The Hall–Kier alpha value is -2.03. The molecule has 0 radical (unpaired) electrons. The summed E-state index contributed by atoms with van der Waals surface area (Å²) in [6.07, 6.45) is 0.606. The first-order chi connectivity index (χ1) is 6.72. The number of benzene rings is 2. The SMILES string of the molecule is O=Cc1c(O)ccc2cc(O)ccc12. The van der Waals surface area contributed by atoms with Crippen molar-refractivity contribution in [3.63, 3.8) is 0 Å². The summed E-state index contributed by atoms with van der Waals surface area (Å²) < 4.78 is 0. The first-order valence-corrected chi connectivity index (χ1v) is 4.12. The number of carbonyl (C=O) groups excluding carboxylic acids is 1. The van der Waals surface area contributed by atoms with Crippen LogP contribution in [0.2, 0.25) is 0 Å². The monoisotopic (exact) mass is 188 g/mol. The molecular formula is C11H8O3. The lowest BCUT2D eigenvalue weighted by molar-refractivity contribution is 0.112. The highest BCUT2D eigenvalue weighted by atomic mass is 16.3. The third-order valence-electron chi connectivity index (χ3n) is 2.14. The molecule has 0 bridgehead atoms. The quantitative estimate of drug-likeness (QED) is 0.673. The van der Waals surface area contributed by atoms with Crippen molar-refractivity contribution in [3.05, 3.63) is 35.9 Å². The predicted molar refractivity (Wildman–Crippen MR) is 52.7 cm³/mol. The number of carbonyl (C=O) groups is 1. The maximum absolute atomic E-state index is 10.7. The number of rotatable bonds is 1. The highest BCUT2D eigenvalue weighted by Gasteiger charge is 2.05. The zero-order valence-electron chi connectivity index (χ0n) is 7.27. The van der Waals surface area contributed by atoms with Gasteiger partial charge in [-0.2, -0.15) is 0 Å². The topological polar surface area (TPSA) is 57.5 Å². The fraction of sp³-hybridized carbons (Fsp3) is 0. The number of phenols is 2. The van der Waals surface area contributed by atoms with Crippen LogP contribution in [0.4, 0.5) is 0 Å². The van der Waals surface area contributed by atoms with Gasteiger partial charge in [-0.3, -0.25) is 4.79 Å². The van der Waals surface area contributed by atoms with Gasteiger partial charge in [0.2, 0.25) is 0 Å². The summed E-state index contributed by atoms with van der Waals surface area (Å²) in [6, 6.07) is 7.72. The van der Waals surface area contributed by atoms with Crippen molar-refractivity contribution < 1.29 is 15.0 Å². The van der Waals surface area contributed by atoms with E-state index in [9.17, 15) is 15.0 Å². The van der Waals surface area contributed by atoms with E-state index in [2.05, 4.69) is 0 Å². The molecule has 0 aromatic heterocycles. The molecule has 70 valence electrons. The Morgan fingerprint density at radius 1 is 1.07 bits per heavy atom. The molecule has 0 heterocycles. The van der Waals surface area contributed by atoms with Crippen molar-refractivity contribution in [2.75, 3.05) is 0 Å². The van der Waals surface area contributed by atoms with Crippen LogP contribution < -0.4 is 0 Å². The van der Waals surface area contributed by atoms with Gasteiger partial charge in [-0.15, -0.1) is 0 Å². The van der Waals surface area contributed by atoms with Crippen molar-refractivity contribution in [2.24, 2.45) is 0 Å². The Morgan fingerprint density at radius 3 is 2.57 bits per heavy atom. The van der Waals surface area contributed by atoms with Gasteiger partial charge in [0.1, 0.15) is 11.5 Å². The number of fused-ring (bicyclic) bond motifs is 1. The highest BCUT2D eigenvalue weighted by molar-refractivity contribution is 6.01. The van der Waals surface area contributed by atoms with E-state index >= 15 is 0 Å². The van der Waals surface area contributed by atoms with Crippen LogP contribution in [0, 0.1) is 0 Å². The molecule has 0 unspecified atom stereocenters. The van der Waals surface area contributed by atoms with Crippen molar-refractivity contribution in [2.45, 2.75) is 0 Å². The van der Waals surface area contributed by atoms with Crippen LogP contribution in [0.3, 0.4) is 0 Å². The molecule has 2 rings (SSSR count). The van der Waals surface area contributed by atoms with E-state index in [0.717, 1.165) is 5.39 Å². The minimum absolute atomic E-state index is 0.0433. The first kappa shape index (κ1) is 8.56. The molecule has 0 aliphatic carbocycles. The van der Waals surface area contributed by atoms with Crippen molar-refractivity contribution >= 4 is 17.1 Å². The molecule has 0 aliphatic rings. The molecule has 3 heteroatoms. The maximum Gasteiger partial charge on any atom is 0.154 e. The van der Waals surface area contributed by atoms with Crippen molar-refractivity contribution in [1.82, 2.24) is 0 Å². The first-order valence-electron chi connectivity index (χ1n) is 4.12. The molecule has 0 amide bonds. The van der Waals surface area contributed by atoms with Gasteiger partial charge in [-0.05, 0) is 35.0 Å². The molecule has 0 saturated carbocycles. The van der Waals surface area contributed by atoms with Crippen LogP contribution >= 0.6 is 0 Å². The van der Waals surface area contributed by atoms with Gasteiger partial charge >= 0.3 is 0 Å². The lowest BCUT2D eigenvalue weighted by Crippen LogP contribution is -1.84. The Labute approximate surface area is 80.2 Å². The van der Waals surface area contributed by atoms with Crippen LogP contribution in [0.25, 0.3) is 10.8 Å². The van der Waals surface area contributed by atoms with Gasteiger partial charge in [0.05, 0.1) is 5.56 Å². The Balaban J connectivity index is 2.88. The fourth-order valence-corrected chi connectivity index (χ4v) is 1.45. The molecule has 0 atom stereocenters. The lowest BCUT2D eigenvalue weighted by Gasteiger charge is -2.03. The summed E-state index contributed by atoms with van der Waals surface area (Å²) >= 11 is 0. The molecule has 3 nitrogen and oxygen atoms in total. The van der Waals surface area contributed by atoms with Gasteiger partial charge < -0.3 is 10.2 Å². The van der Waals surface area contributed by atoms with Crippen LogP contribution in [0.5, 0.6) is 11.5 Å². The molecule has 2 aromatic rings. The predicted octanol–water partition coefficient (Wildman–Crippen LogP) is 2.06. The largest absolute Gasteiger partial charge is 0.508 e. The van der Waals surface area contributed by atoms with Crippen molar-refractivity contribution in [3.8, 4) is 11.5 Å². The number of phenolic OH excluding ortho intramolecular Hbond substituents is 2. The summed E-state index contributed by atoms with van der Waals surface area (Å²) in [7, 11) is 0. The molecule has 0 saturated heterocycles. The second-order valence-corrected chi connectivity index (χ2v) is 3.02. The smallest absolute Gasteiger partial charge is 0.154 e. The van der Waals surface area contributed by atoms with E-state index in [1.54, 1.807) is 18.2 Å². The van der Waals surface area contributed by atoms with E-state index in [4.69, 9.17) is 0 Å². The number of hydrogen-bond donors (Lipinski definition) is 2. The lowest BCUT2D eigenvalue weighted by atomic mass is 10.0. The molecule has 0 aliphatic heterocycles. The molecule has 2 N–H and O–H groups in total. The van der Waals surface area contributed by atoms with Crippen LogP contribution in [0.1, 0.15) is 10.4 Å². The second-order valence-electron chi connectivity index (χ2n) is 3.02. The highest BCUT2D eigenvalue weighted by Crippen LogP contribution is 2.27. The van der Waals surface area contributed by atoms with Crippen molar-refractivity contribution in [1.29, 1.82) is 0 Å². The maximum atomic E-state index is 10.7. The number of hydrogen-bond acceptors (Lipinski definition) is 3. The van der Waals surface area contributed by atoms with Gasteiger partial charge in [0, 0.05) is 0 Å². The van der Waals surface area contributed by atoms with Gasteiger partial charge in [-0.25, -0.2) is 0 Å². The second kappa shape index (κ2) is 3.03. The van der Waals surface area contributed by atoms with Gasteiger partial charge in [-0.1, -0.05) is 6.07 Å². The number of aromatic hydroxyl groups is 2. The average molecular weight is 188 g/mol. The average Bonchev–Trinajstić information content (AvgIpc) is 2.18. The summed E-state index contributed by atoms with van der Waals surface area (Å²) in [4.78, 5) is 10.7. The van der Waals surface area contributed by atoms with Crippen LogP contribution in [0.15, 0.2) is 30.3 Å². The van der Waals surface area contributed by atoms with Crippen LogP contribution in [-0.2, 0) is 0 Å². The van der Waals surface area contributed by atoms with E-state index in [1.165, 1.54) is 12.1 Å². The van der Waals surface area contributed by atoms with E-state index in [0.29, 0.717) is 11.7 Å². The zero-order valence-corrected chi connectivity index (χ0v) is 7.27. The summed E-state index contributed by atoms with van der Waals surface area (Å²) in [5.41, 5.74) is 0.252. The van der Waals surface area contributed by atoms with E-state index in [-0.39, 0.29) is 17.1 Å². The normalized spacial score (nSPS) is 10.3. The summed E-state index contributed by atoms with van der Waals surface area (Å²) in [5, 5.41) is 20.0. The molecule has 14 heavy (non-hydrogen) atoms. The summed E-state index contributed by atoms with van der Waals surface area (Å²) in [5.74, 6) is 0.0956. The third kappa shape index (κ3) is 1.19. The Bertz CT molecular complexity index is 503. The molecular weight excluding hydrogens is 180 g/mol. The number of aldehydes is 1. The van der Waals surface area contributed by atoms with E-state index in [1.807, 2.05) is 0 Å². The molecule has 0 spiro atoms. The third-order valence-corrected chi connectivity index (χ3v) is 2.14. The minimum Gasteiger partial charge on any atom is -0.508 e. The zero-order chi connectivity index (χ0) is 10.1. The summed E-state index contributed by atoms with van der Waals surface area (Å²) in [6.45, 7) is 0. The van der Waals surface area contributed by atoms with Crippen LogP contribution in [-0.4, -0.2) is 16.5 Å².